The molecule has 3 nitrogen and oxygen atoms in total. The van der Waals surface area contributed by atoms with E-state index in [0.29, 0.717) is 13.0 Å². The van der Waals surface area contributed by atoms with Gasteiger partial charge < -0.3 is 14.6 Å². The summed E-state index contributed by atoms with van der Waals surface area (Å²) in [6.45, 7) is -0.0672. The van der Waals surface area contributed by atoms with E-state index < -0.39 is 24.5 Å². The lowest BCUT2D eigenvalue weighted by molar-refractivity contribution is -0.106. The fourth-order valence-corrected chi connectivity index (χ4v) is 1.75. The minimum atomic E-state index is -0.807. The molecule has 1 fully saturated rings. The molecular weight excluding hydrogens is 230 g/mol. The Morgan fingerprint density at radius 1 is 1.29 bits per heavy atom. The van der Waals surface area contributed by atoms with E-state index in [1.165, 1.54) is 0 Å². The van der Waals surface area contributed by atoms with Crippen LogP contribution in [-0.2, 0) is 11.3 Å². The van der Waals surface area contributed by atoms with E-state index in [0.717, 1.165) is 25.0 Å². The maximum Gasteiger partial charge on any atom is 0.199 e. The number of ether oxygens (including phenoxy) is 2. The lowest BCUT2D eigenvalue weighted by atomic mass is 10.2. The van der Waals surface area contributed by atoms with Crippen LogP contribution in [0.4, 0.5) is 8.78 Å². The van der Waals surface area contributed by atoms with Crippen molar-refractivity contribution in [2.45, 2.75) is 32.2 Å². The maximum atomic E-state index is 13.3. The van der Waals surface area contributed by atoms with Crippen LogP contribution in [0.15, 0.2) is 12.1 Å². The van der Waals surface area contributed by atoms with Gasteiger partial charge in [0.05, 0.1) is 13.2 Å². The second-order valence-corrected chi connectivity index (χ2v) is 3.94. The first-order valence-electron chi connectivity index (χ1n) is 5.57. The Morgan fingerprint density at radius 3 is 2.53 bits per heavy atom. The van der Waals surface area contributed by atoms with Crippen molar-refractivity contribution in [3.05, 3.63) is 29.3 Å². The van der Waals surface area contributed by atoms with E-state index >= 15 is 0 Å². The van der Waals surface area contributed by atoms with Crippen LogP contribution in [0.2, 0.25) is 0 Å². The molecule has 1 aliphatic heterocycles. The second kappa shape index (κ2) is 5.42. The average molecular weight is 244 g/mol. The van der Waals surface area contributed by atoms with Crippen molar-refractivity contribution < 1.29 is 23.4 Å². The van der Waals surface area contributed by atoms with E-state index in [9.17, 15) is 8.78 Å². The quantitative estimate of drug-likeness (QED) is 0.887. The maximum absolute atomic E-state index is 13.3. The first-order valence-corrected chi connectivity index (χ1v) is 5.57. The summed E-state index contributed by atoms with van der Waals surface area (Å²) in [6, 6.07) is 2.12. The van der Waals surface area contributed by atoms with Gasteiger partial charge >= 0.3 is 0 Å². The van der Waals surface area contributed by atoms with Gasteiger partial charge in [0, 0.05) is 24.1 Å². The number of halogens is 2. The summed E-state index contributed by atoms with van der Waals surface area (Å²) in [5.74, 6) is -1.53. The Labute approximate surface area is 98.0 Å². The summed E-state index contributed by atoms with van der Waals surface area (Å²) in [6.07, 6.45) is 2.23. The van der Waals surface area contributed by atoms with E-state index in [-0.39, 0.29) is 11.3 Å². The highest BCUT2D eigenvalue weighted by molar-refractivity contribution is 5.30. The lowest BCUT2D eigenvalue weighted by Gasteiger charge is -2.23. The molecule has 0 spiro atoms. The van der Waals surface area contributed by atoms with Crippen molar-refractivity contribution in [2.75, 3.05) is 6.61 Å². The molecule has 1 unspecified atom stereocenters. The van der Waals surface area contributed by atoms with Gasteiger partial charge in [-0.05, 0) is 12.8 Å². The van der Waals surface area contributed by atoms with Crippen LogP contribution in [0.5, 0.6) is 5.75 Å². The highest BCUT2D eigenvalue weighted by Crippen LogP contribution is 2.24. The molecule has 94 valence electrons. The van der Waals surface area contributed by atoms with Crippen LogP contribution in [0, 0.1) is 11.6 Å². The van der Waals surface area contributed by atoms with Crippen molar-refractivity contribution in [3.8, 4) is 5.75 Å². The minimum absolute atomic E-state index is 0.0871. The van der Waals surface area contributed by atoms with Gasteiger partial charge in [0.15, 0.2) is 6.29 Å². The van der Waals surface area contributed by atoms with Crippen LogP contribution in [0.1, 0.15) is 24.8 Å². The minimum Gasteiger partial charge on any atom is -0.465 e. The highest BCUT2D eigenvalue weighted by Gasteiger charge is 2.17. The molecule has 0 aliphatic carbocycles. The SMILES string of the molecule is OCc1c(F)cc(OC2CCCCO2)cc1F. The smallest absolute Gasteiger partial charge is 0.199 e. The van der Waals surface area contributed by atoms with Crippen molar-refractivity contribution in [1.82, 2.24) is 0 Å². The molecular formula is C12H14F2O3. The number of aliphatic hydroxyl groups is 1. The van der Waals surface area contributed by atoms with E-state index in [1.807, 2.05) is 0 Å². The first-order chi connectivity index (χ1) is 8.20. The van der Waals surface area contributed by atoms with E-state index in [2.05, 4.69) is 0 Å². The molecule has 1 N–H and O–H groups in total. The number of benzene rings is 1. The fraction of sp³-hybridized carbons (Fsp3) is 0.500. The number of rotatable bonds is 3. The van der Waals surface area contributed by atoms with Crippen molar-refractivity contribution in [1.29, 1.82) is 0 Å². The van der Waals surface area contributed by atoms with Crippen LogP contribution in [-0.4, -0.2) is 18.0 Å². The zero-order valence-corrected chi connectivity index (χ0v) is 9.29. The number of aliphatic hydroxyl groups excluding tert-OH is 1. The summed E-state index contributed by atoms with van der Waals surface area (Å²) in [5.41, 5.74) is -0.345. The summed E-state index contributed by atoms with van der Waals surface area (Å²) >= 11 is 0. The van der Waals surface area contributed by atoms with Crippen molar-refractivity contribution in [3.63, 3.8) is 0 Å². The zero-order valence-electron chi connectivity index (χ0n) is 9.29. The van der Waals surface area contributed by atoms with Crippen LogP contribution < -0.4 is 4.74 Å². The number of hydrogen-bond acceptors (Lipinski definition) is 3. The summed E-state index contributed by atoms with van der Waals surface area (Å²) in [5, 5.41) is 8.77. The number of hydrogen-bond donors (Lipinski definition) is 1. The average Bonchev–Trinajstić information content (AvgIpc) is 2.30. The third-order valence-electron chi connectivity index (χ3n) is 2.68. The summed E-state index contributed by atoms with van der Waals surface area (Å²) in [7, 11) is 0. The lowest BCUT2D eigenvalue weighted by Crippen LogP contribution is -2.25. The predicted molar refractivity (Wildman–Crippen MR) is 56.5 cm³/mol. The predicted octanol–water partition coefficient (Wildman–Crippen LogP) is 2.36. The Kier molecular flexibility index (Phi) is 3.91. The molecule has 0 bridgehead atoms. The molecule has 0 radical (unpaired) electrons. The van der Waals surface area contributed by atoms with Gasteiger partial charge in [0.2, 0.25) is 0 Å². The monoisotopic (exact) mass is 244 g/mol. The van der Waals surface area contributed by atoms with Crippen molar-refractivity contribution >= 4 is 0 Å². The van der Waals surface area contributed by atoms with Crippen LogP contribution >= 0.6 is 0 Å². The molecule has 1 aliphatic rings. The molecule has 0 aromatic heterocycles. The Hall–Kier alpha value is -1.20. The van der Waals surface area contributed by atoms with Gasteiger partial charge in [-0.25, -0.2) is 8.78 Å². The molecule has 5 heteroatoms. The molecule has 1 aromatic carbocycles. The van der Waals surface area contributed by atoms with Gasteiger partial charge in [0.1, 0.15) is 17.4 Å². The van der Waals surface area contributed by atoms with Gasteiger partial charge in [-0.2, -0.15) is 0 Å². The summed E-state index contributed by atoms with van der Waals surface area (Å²) < 4.78 is 37.3. The third kappa shape index (κ3) is 2.92. The first kappa shape index (κ1) is 12.3. The van der Waals surface area contributed by atoms with Gasteiger partial charge in [-0.15, -0.1) is 0 Å². The molecule has 17 heavy (non-hydrogen) atoms. The van der Waals surface area contributed by atoms with Crippen LogP contribution in [0.25, 0.3) is 0 Å². The topological polar surface area (TPSA) is 38.7 Å². The van der Waals surface area contributed by atoms with Gasteiger partial charge in [-0.1, -0.05) is 0 Å². The van der Waals surface area contributed by atoms with Crippen LogP contribution in [0.3, 0.4) is 0 Å². The van der Waals surface area contributed by atoms with E-state index in [4.69, 9.17) is 14.6 Å². The summed E-state index contributed by atoms with van der Waals surface area (Å²) in [4.78, 5) is 0. The zero-order chi connectivity index (χ0) is 12.3. The second-order valence-electron chi connectivity index (χ2n) is 3.94. The molecule has 1 aromatic rings. The molecule has 0 saturated carbocycles. The molecule has 1 atom stereocenters. The molecule has 2 rings (SSSR count). The Morgan fingerprint density at radius 2 is 2.00 bits per heavy atom. The van der Waals surface area contributed by atoms with E-state index in [1.54, 1.807) is 0 Å². The normalized spacial score (nSPS) is 20.3. The molecule has 1 saturated heterocycles. The molecule has 1 heterocycles. The Bertz CT molecular complexity index is 366. The van der Waals surface area contributed by atoms with Gasteiger partial charge in [0.25, 0.3) is 0 Å². The third-order valence-corrected chi connectivity index (χ3v) is 2.68. The Balaban J connectivity index is 2.10. The molecule has 0 amide bonds. The highest BCUT2D eigenvalue weighted by atomic mass is 19.1. The standard InChI is InChI=1S/C12H14F2O3/c13-10-5-8(6-11(14)9(10)7-15)17-12-3-1-2-4-16-12/h5-6,12,15H,1-4,7H2. The fourth-order valence-electron chi connectivity index (χ4n) is 1.75. The largest absolute Gasteiger partial charge is 0.465 e. The van der Waals surface area contributed by atoms with Crippen molar-refractivity contribution in [2.24, 2.45) is 0 Å². The van der Waals surface area contributed by atoms with Gasteiger partial charge in [-0.3, -0.25) is 0 Å².